The van der Waals surface area contributed by atoms with Crippen molar-refractivity contribution < 1.29 is 9.90 Å². The number of carbonyl (C=O) groups excluding carboxylic acids is 1. The Morgan fingerprint density at radius 1 is 1.33 bits per heavy atom. The lowest BCUT2D eigenvalue weighted by Crippen LogP contribution is -2.13. The van der Waals surface area contributed by atoms with Crippen LogP contribution in [0.25, 0.3) is 0 Å². The van der Waals surface area contributed by atoms with Crippen molar-refractivity contribution in [3.05, 3.63) is 46.7 Å². The van der Waals surface area contributed by atoms with Gasteiger partial charge in [0.2, 0.25) is 0 Å². The van der Waals surface area contributed by atoms with E-state index in [0.717, 1.165) is 0 Å². The van der Waals surface area contributed by atoms with Crippen LogP contribution in [-0.4, -0.2) is 16.0 Å². The zero-order valence-corrected chi connectivity index (χ0v) is 10.8. The van der Waals surface area contributed by atoms with E-state index < -0.39 is 0 Å². The average Bonchev–Trinajstić information content (AvgIpc) is 2.32. The second kappa shape index (κ2) is 5.05. The highest BCUT2D eigenvalue weighted by molar-refractivity contribution is 9.10. The van der Waals surface area contributed by atoms with E-state index in [1.54, 1.807) is 12.3 Å². The molecule has 0 unspecified atom stereocenters. The monoisotopic (exact) mass is 307 g/mol. The summed E-state index contributed by atoms with van der Waals surface area (Å²) < 4.78 is 0.717. The number of nitrogens with two attached hydrogens (primary N) is 1. The largest absolute Gasteiger partial charge is 0.508 e. The first-order valence-electron chi connectivity index (χ1n) is 5.06. The Labute approximate surface area is 112 Å². The number of rotatable bonds is 2. The summed E-state index contributed by atoms with van der Waals surface area (Å²) in [6.45, 7) is 0. The van der Waals surface area contributed by atoms with E-state index in [1.165, 1.54) is 24.4 Å². The highest BCUT2D eigenvalue weighted by Gasteiger charge is 2.09. The van der Waals surface area contributed by atoms with Gasteiger partial charge in [-0.3, -0.25) is 9.78 Å². The summed E-state index contributed by atoms with van der Waals surface area (Å²) in [6.07, 6.45) is 3.04. The van der Waals surface area contributed by atoms with Gasteiger partial charge in [0.1, 0.15) is 5.75 Å². The molecule has 0 aliphatic rings. The summed E-state index contributed by atoms with van der Waals surface area (Å²) in [4.78, 5) is 15.8. The fourth-order valence-corrected chi connectivity index (χ4v) is 1.76. The van der Waals surface area contributed by atoms with Gasteiger partial charge < -0.3 is 16.2 Å². The van der Waals surface area contributed by atoms with E-state index in [-0.39, 0.29) is 11.7 Å². The van der Waals surface area contributed by atoms with Gasteiger partial charge in [-0.1, -0.05) is 0 Å². The zero-order chi connectivity index (χ0) is 13.1. The maximum absolute atomic E-state index is 11.9. The van der Waals surface area contributed by atoms with E-state index in [2.05, 4.69) is 26.2 Å². The number of amides is 1. The number of aromatic nitrogens is 1. The van der Waals surface area contributed by atoms with Crippen LogP contribution in [0.4, 0.5) is 11.4 Å². The number of nitrogen functional groups attached to an aromatic ring is 1. The summed E-state index contributed by atoms with van der Waals surface area (Å²) in [5, 5.41) is 11.9. The first-order valence-corrected chi connectivity index (χ1v) is 5.86. The van der Waals surface area contributed by atoms with E-state index >= 15 is 0 Å². The van der Waals surface area contributed by atoms with Gasteiger partial charge >= 0.3 is 0 Å². The third kappa shape index (κ3) is 2.78. The standard InChI is InChI=1S/C12H10BrN3O2/c13-8-3-7(5-15-6-8)12(18)16-11-2-1-9(17)4-10(11)14/h1-6,17H,14H2,(H,16,18). The Balaban J connectivity index is 2.21. The van der Waals surface area contributed by atoms with Crippen molar-refractivity contribution in [2.24, 2.45) is 0 Å². The molecule has 0 aliphatic carbocycles. The molecule has 0 spiro atoms. The number of halogens is 1. The quantitative estimate of drug-likeness (QED) is 0.587. The number of aromatic hydroxyl groups is 1. The molecule has 1 aromatic heterocycles. The maximum Gasteiger partial charge on any atom is 0.257 e. The molecule has 6 heteroatoms. The molecule has 0 aliphatic heterocycles. The van der Waals surface area contributed by atoms with Gasteiger partial charge in [-0.15, -0.1) is 0 Å². The van der Waals surface area contributed by atoms with Gasteiger partial charge in [-0.05, 0) is 34.1 Å². The number of phenolic OH excluding ortho intramolecular Hbond substituents is 1. The minimum atomic E-state index is -0.318. The number of carbonyl (C=O) groups is 1. The number of nitrogens with one attached hydrogen (secondary N) is 1. The minimum Gasteiger partial charge on any atom is -0.508 e. The van der Waals surface area contributed by atoms with Crippen molar-refractivity contribution in [3.63, 3.8) is 0 Å². The Bertz CT molecular complexity index is 602. The molecule has 0 saturated carbocycles. The van der Waals surface area contributed by atoms with Crippen molar-refractivity contribution in [1.82, 2.24) is 4.98 Å². The van der Waals surface area contributed by atoms with Gasteiger partial charge in [0, 0.05) is 22.9 Å². The molecular formula is C12H10BrN3O2. The SMILES string of the molecule is Nc1cc(O)ccc1NC(=O)c1cncc(Br)c1. The number of hydrogen-bond acceptors (Lipinski definition) is 4. The minimum absolute atomic E-state index is 0.0506. The fourth-order valence-electron chi connectivity index (χ4n) is 1.39. The summed E-state index contributed by atoms with van der Waals surface area (Å²) >= 11 is 3.24. The van der Waals surface area contributed by atoms with Crippen LogP contribution in [0.5, 0.6) is 5.75 Å². The highest BCUT2D eigenvalue weighted by Crippen LogP contribution is 2.23. The third-order valence-corrected chi connectivity index (χ3v) is 2.68. The summed E-state index contributed by atoms with van der Waals surface area (Å²) in [6, 6.07) is 6.01. The Morgan fingerprint density at radius 3 is 2.78 bits per heavy atom. The lowest BCUT2D eigenvalue weighted by atomic mass is 10.2. The third-order valence-electron chi connectivity index (χ3n) is 2.25. The van der Waals surface area contributed by atoms with Crippen LogP contribution < -0.4 is 11.1 Å². The predicted octanol–water partition coefficient (Wildman–Crippen LogP) is 2.38. The molecule has 2 rings (SSSR count). The molecule has 5 nitrogen and oxygen atoms in total. The molecule has 0 atom stereocenters. The number of benzene rings is 1. The predicted molar refractivity (Wildman–Crippen MR) is 72.4 cm³/mol. The van der Waals surface area contributed by atoms with Crippen molar-refractivity contribution in [2.75, 3.05) is 11.1 Å². The van der Waals surface area contributed by atoms with Crippen LogP contribution in [0.15, 0.2) is 41.1 Å². The lowest BCUT2D eigenvalue weighted by Gasteiger charge is -2.08. The zero-order valence-electron chi connectivity index (χ0n) is 9.22. The van der Waals surface area contributed by atoms with Crippen LogP contribution in [-0.2, 0) is 0 Å². The molecule has 0 bridgehead atoms. The highest BCUT2D eigenvalue weighted by atomic mass is 79.9. The number of pyridine rings is 1. The number of anilines is 2. The molecule has 1 heterocycles. The molecule has 1 amide bonds. The lowest BCUT2D eigenvalue weighted by molar-refractivity contribution is 0.102. The smallest absolute Gasteiger partial charge is 0.257 e. The van der Waals surface area contributed by atoms with Crippen LogP contribution >= 0.6 is 15.9 Å². The van der Waals surface area contributed by atoms with E-state index in [4.69, 9.17) is 5.73 Å². The fraction of sp³-hybridized carbons (Fsp3) is 0. The van der Waals surface area contributed by atoms with E-state index in [9.17, 15) is 9.90 Å². The van der Waals surface area contributed by atoms with Crippen LogP contribution in [0.2, 0.25) is 0 Å². The molecule has 2 aromatic rings. The van der Waals surface area contributed by atoms with Crippen LogP contribution in [0, 0.1) is 0 Å². The van der Waals surface area contributed by atoms with Crippen molar-refractivity contribution in [2.45, 2.75) is 0 Å². The van der Waals surface area contributed by atoms with E-state index in [1.807, 2.05) is 0 Å². The Hall–Kier alpha value is -2.08. The summed E-state index contributed by atoms with van der Waals surface area (Å²) in [7, 11) is 0. The summed E-state index contributed by atoms with van der Waals surface area (Å²) in [5.74, 6) is -0.268. The maximum atomic E-state index is 11.9. The number of hydrogen-bond donors (Lipinski definition) is 3. The van der Waals surface area contributed by atoms with Gasteiger partial charge in [-0.2, -0.15) is 0 Å². The molecule has 92 valence electrons. The molecule has 0 radical (unpaired) electrons. The molecule has 1 aromatic carbocycles. The first kappa shape index (κ1) is 12.4. The van der Waals surface area contributed by atoms with Gasteiger partial charge in [0.05, 0.1) is 16.9 Å². The Kier molecular flexibility index (Phi) is 3.47. The first-order chi connectivity index (χ1) is 8.56. The van der Waals surface area contributed by atoms with Gasteiger partial charge in [-0.25, -0.2) is 0 Å². The van der Waals surface area contributed by atoms with Gasteiger partial charge in [0.15, 0.2) is 0 Å². The summed E-state index contributed by atoms with van der Waals surface area (Å²) in [5.41, 5.74) is 6.83. The van der Waals surface area contributed by atoms with Crippen molar-refractivity contribution in [1.29, 1.82) is 0 Å². The topological polar surface area (TPSA) is 88.2 Å². The second-order valence-corrected chi connectivity index (χ2v) is 4.53. The Morgan fingerprint density at radius 2 is 2.11 bits per heavy atom. The molecular weight excluding hydrogens is 298 g/mol. The van der Waals surface area contributed by atoms with Gasteiger partial charge in [0.25, 0.3) is 5.91 Å². The second-order valence-electron chi connectivity index (χ2n) is 3.62. The molecule has 0 saturated heterocycles. The normalized spacial score (nSPS) is 10.1. The molecule has 18 heavy (non-hydrogen) atoms. The van der Waals surface area contributed by atoms with E-state index in [0.29, 0.717) is 21.4 Å². The average molecular weight is 308 g/mol. The molecule has 4 N–H and O–H groups in total. The van der Waals surface area contributed by atoms with Crippen LogP contribution in [0.1, 0.15) is 10.4 Å². The molecule has 0 fully saturated rings. The van der Waals surface area contributed by atoms with Crippen molar-refractivity contribution in [3.8, 4) is 5.75 Å². The number of phenols is 1. The van der Waals surface area contributed by atoms with Crippen LogP contribution in [0.3, 0.4) is 0 Å². The van der Waals surface area contributed by atoms with Crippen molar-refractivity contribution >= 4 is 33.2 Å². The number of nitrogens with zero attached hydrogens (tertiary/aromatic N) is 1.